The van der Waals surface area contributed by atoms with Gasteiger partial charge in [0, 0.05) is 6.04 Å². The third kappa shape index (κ3) is 3.49. The molecule has 0 heterocycles. The summed E-state index contributed by atoms with van der Waals surface area (Å²) in [6.07, 6.45) is 6.46. The molecular formula is C11H20ClNO. The van der Waals surface area contributed by atoms with Gasteiger partial charge in [0.1, 0.15) is 5.38 Å². The fourth-order valence-corrected chi connectivity index (χ4v) is 2.15. The molecule has 0 aromatic carbocycles. The van der Waals surface area contributed by atoms with Crippen LogP contribution in [0.25, 0.3) is 0 Å². The van der Waals surface area contributed by atoms with Crippen LogP contribution in [0.1, 0.15) is 46.0 Å². The minimum atomic E-state index is -0.416. The predicted octanol–water partition coefficient (Wildman–Crippen LogP) is 2.70. The van der Waals surface area contributed by atoms with E-state index in [1.807, 2.05) is 0 Å². The van der Waals surface area contributed by atoms with Gasteiger partial charge < -0.3 is 5.32 Å². The molecule has 3 heteroatoms. The Morgan fingerprint density at radius 1 is 1.29 bits per heavy atom. The van der Waals surface area contributed by atoms with E-state index in [9.17, 15) is 4.79 Å². The Hall–Kier alpha value is -0.240. The molecule has 0 radical (unpaired) electrons. The van der Waals surface area contributed by atoms with E-state index in [-0.39, 0.29) is 11.9 Å². The van der Waals surface area contributed by atoms with Gasteiger partial charge in [0.2, 0.25) is 5.91 Å². The monoisotopic (exact) mass is 217 g/mol. The fourth-order valence-electron chi connectivity index (χ4n) is 2.09. The minimum absolute atomic E-state index is 0.0373. The molecule has 1 rings (SSSR count). The summed E-state index contributed by atoms with van der Waals surface area (Å²) in [7, 11) is 0. The summed E-state index contributed by atoms with van der Waals surface area (Å²) in [5.74, 6) is 0.618. The summed E-state index contributed by atoms with van der Waals surface area (Å²) >= 11 is 5.70. The highest BCUT2D eigenvalue weighted by molar-refractivity contribution is 6.30. The second-order valence-electron chi connectivity index (χ2n) is 4.31. The fraction of sp³-hybridized carbons (Fsp3) is 0.909. The Labute approximate surface area is 91.4 Å². The smallest absolute Gasteiger partial charge is 0.237 e. The van der Waals surface area contributed by atoms with Crippen LogP contribution < -0.4 is 5.32 Å². The Balaban J connectivity index is 2.32. The van der Waals surface area contributed by atoms with Gasteiger partial charge in [0.15, 0.2) is 0 Å². The molecule has 1 unspecified atom stereocenters. The maximum Gasteiger partial charge on any atom is 0.237 e. The lowest BCUT2D eigenvalue weighted by molar-refractivity contribution is -0.121. The molecule has 0 bridgehead atoms. The van der Waals surface area contributed by atoms with E-state index in [1.54, 1.807) is 6.92 Å². The van der Waals surface area contributed by atoms with Gasteiger partial charge in [0.05, 0.1) is 0 Å². The zero-order chi connectivity index (χ0) is 10.6. The number of carbonyl (C=O) groups is 1. The Bertz CT molecular complexity index is 188. The van der Waals surface area contributed by atoms with Crippen LogP contribution >= 0.6 is 11.6 Å². The normalized spacial score (nSPS) is 22.8. The Morgan fingerprint density at radius 2 is 1.86 bits per heavy atom. The van der Waals surface area contributed by atoms with Crippen molar-refractivity contribution in [2.24, 2.45) is 5.92 Å². The molecule has 82 valence electrons. The third-order valence-electron chi connectivity index (χ3n) is 3.09. The van der Waals surface area contributed by atoms with Crippen molar-refractivity contribution in [2.75, 3.05) is 0 Å². The first-order valence-electron chi connectivity index (χ1n) is 5.55. The maximum atomic E-state index is 11.4. The van der Waals surface area contributed by atoms with Crippen molar-refractivity contribution < 1.29 is 4.79 Å². The summed E-state index contributed by atoms with van der Waals surface area (Å²) in [6, 6.07) is 0.281. The Morgan fingerprint density at radius 3 is 2.36 bits per heavy atom. The number of rotatable bonds is 3. The van der Waals surface area contributed by atoms with E-state index in [2.05, 4.69) is 12.2 Å². The molecule has 0 aromatic rings. The van der Waals surface area contributed by atoms with E-state index in [0.717, 1.165) is 0 Å². The summed E-state index contributed by atoms with van der Waals surface area (Å²) in [4.78, 5) is 11.4. The molecule has 0 aromatic heterocycles. The van der Waals surface area contributed by atoms with Crippen molar-refractivity contribution in [1.82, 2.24) is 5.32 Å². The van der Waals surface area contributed by atoms with Crippen LogP contribution in [0.3, 0.4) is 0 Å². The highest BCUT2D eigenvalue weighted by Gasteiger charge is 2.22. The number of hydrogen-bond donors (Lipinski definition) is 1. The first-order chi connectivity index (χ1) is 6.61. The van der Waals surface area contributed by atoms with E-state index >= 15 is 0 Å². The van der Waals surface area contributed by atoms with Crippen LogP contribution in [0.5, 0.6) is 0 Å². The van der Waals surface area contributed by atoms with Crippen molar-refractivity contribution in [3.63, 3.8) is 0 Å². The summed E-state index contributed by atoms with van der Waals surface area (Å²) in [5.41, 5.74) is 0. The van der Waals surface area contributed by atoms with E-state index in [4.69, 9.17) is 11.6 Å². The quantitative estimate of drug-likeness (QED) is 0.724. The number of carbonyl (C=O) groups excluding carboxylic acids is 1. The average molecular weight is 218 g/mol. The van der Waals surface area contributed by atoms with Gasteiger partial charge in [-0.2, -0.15) is 0 Å². The molecule has 1 fully saturated rings. The number of halogens is 1. The van der Waals surface area contributed by atoms with Crippen molar-refractivity contribution >= 4 is 17.5 Å². The SMILES string of the molecule is CC(Cl)C(=O)N[C@@H](C)C1CCCCC1. The van der Waals surface area contributed by atoms with Gasteiger partial charge >= 0.3 is 0 Å². The molecule has 0 saturated heterocycles. The molecule has 1 N–H and O–H groups in total. The molecule has 2 nitrogen and oxygen atoms in total. The summed E-state index contributed by atoms with van der Waals surface area (Å²) in [6.45, 7) is 3.80. The first-order valence-corrected chi connectivity index (χ1v) is 5.99. The third-order valence-corrected chi connectivity index (χ3v) is 3.29. The van der Waals surface area contributed by atoms with Gasteiger partial charge in [-0.1, -0.05) is 19.3 Å². The molecule has 2 atom stereocenters. The number of hydrogen-bond acceptors (Lipinski definition) is 1. The van der Waals surface area contributed by atoms with E-state index < -0.39 is 5.38 Å². The number of amides is 1. The van der Waals surface area contributed by atoms with Crippen molar-refractivity contribution in [3.8, 4) is 0 Å². The maximum absolute atomic E-state index is 11.4. The second-order valence-corrected chi connectivity index (χ2v) is 4.97. The molecule has 1 amide bonds. The minimum Gasteiger partial charge on any atom is -0.352 e. The zero-order valence-electron chi connectivity index (χ0n) is 9.05. The topological polar surface area (TPSA) is 29.1 Å². The van der Waals surface area contributed by atoms with Gasteiger partial charge in [0.25, 0.3) is 0 Å². The van der Waals surface area contributed by atoms with E-state index in [1.165, 1.54) is 32.1 Å². The van der Waals surface area contributed by atoms with Gasteiger partial charge in [-0.25, -0.2) is 0 Å². The highest BCUT2D eigenvalue weighted by atomic mass is 35.5. The molecule has 0 aliphatic heterocycles. The number of nitrogens with one attached hydrogen (secondary N) is 1. The van der Waals surface area contributed by atoms with Crippen LogP contribution in [-0.2, 0) is 4.79 Å². The Kier molecular flexibility index (Phi) is 4.73. The van der Waals surface area contributed by atoms with Crippen molar-refractivity contribution in [3.05, 3.63) is 0 Å². The molecule has 1 aliphatic rings. The predicted molar refractivity (Wildman–Crippen MR) is 59.5 cm³/mol. The van der Waals surface area contributed by atoms with Gasteiger partial charge in [-0.15, -0.1) is 11.6 Å². The largest absolute Gasteiger partial charge is 0.352 e. The molecule has 14 heavy (non-hydrogen) atoms. The van der Waals surface area contributed by atoms with Crippen LogP contribution in [0, 0.1) is 5.92 Å². The van der Waals surface area contributed by atoms with Gasteiger partial charge in [-0.05, 0) is 32.6 Å². The molecular weight excluding hydrogens is 198 g/mol. The van der Waals surface area contributed by atoms with Crippen LogP contribution in [0.2, 0.25) is 0 Å². The first kappa shape index (κ1) is 11.8. The standard InChI is InChI=1S/C11H20ClNO/c1-8(12)11(14)13-9(2)10-6-4-3-5-7-10/h8-10H,3-7H2,1-2H3,(H,13,14)/t8?,9-/m0/s1. The second kappa shape index (κ2) is 5.59. The van der Waals surface area contributed by atoms with Crippen molar-refractivity contribution in [1.29, 1.82) is 0 Å². The average Bonchev–Trinajstić information content (AvgIpc) is 2.19. The zero-order valence-corrected chi connectivity index (χ0v) is 9.81. The molecule has 1 saturated carbocycles. The van der Waals surface area contributed by atoms with Crippen molar-refractivity contribution in [2.45, 2.75) is 57.4 Å². The lowest BCUT2D eigenvalue weighted by atomic mass is 9.84. The lowest BCUT2D eigenvalue weighted by Crippen LogP contribution is -2.41. The van der Waals surface area contributed by atoms with Crippen LogP contribution in [0.4, 0.5) is 0 Å². The summed E-state index contributed by atoms with van der Waals surface area (Å²) in [5, 5.41) is 2.56. The molecule has 1 aliphatic carbocycles. The summed E-state index contributed by atoms with van der Waals surface area (Å²) < 4.78 is 0. The van der Waals surface area contributed by atoms with Gasteiger partial charge in [-0.3, -0.25) is 4.79 Å². The van der Waals surface area contributed by atoms with E-state index in [0.29, 0.717) is 5.92 Å². The highest BCUT2D eigenvalue weighted by Crippen LogP contribution is 2.26. The number of alkyl halides is 1. The van der Waals surface area contributed by atoms with Crippen LogP contribution in [-0.4, -0.2) is 17.3 Å². The van der Waals surface area contributed by atoms with Crippen LogP contribution in [0.15, 0.2) is 0 Å². The molecule has 0 spiro atoms. The lowest BCUT2D eigenvalue weighted by Gasteiger charge is -2.28.